The number of ether oxygens (including phenoxy) is 1. The molecule has 8 nitrogen and oxygen atoms in total. The first-order valence-corrected chi connectivity index (χ1v) is 11.2. The van der Waals surface area contributed by atoms with Gasteiger partial charge in [-0.2, -0.15) is 4.31 Å². The lowest BCUT2D eigenvalue weighted by Crippen LogP contribution is -2.40. The van der Waals surface area contributed by atoms with Crippen molar-refractivity contribution in [2.75, 3.05) is 31.6 Å². The van der Waals surface area contributed by atoms with Crippen LogP contribution >= 0.6 is 0 Å². The average Bonchev–Trinajstić information content (AvgIpc) is 2.75. The number of nitro groups is 1. The van der Waals surface area contributed by atoms with Gasteiger partial charge in [-0.15, -0.1) is 0 Å². The molecular formula is C20H22FN3O5S. The lowest BCUT2D eigenvalue weighted by Gasteiger charge is -2.30. The molecule has 160 valence electrons. The van der Waals surface area contributed by atoms with E-state index >= 15 is 0 Å². The quantitative estimate of drug-likeness (QED) is 0.571. The molecule has 0 bridgehead atoms. The van der Waals surface area contributed by atoms with Crippen LogP contribution in [0, 0.1) is 15.9 Å². The van der Waals surface area contributed by atoms with Crippen LogP contribution in [0.25, 0.3) is 0 Å². The van der Waals surface area contributed by atoms with Crippen LogP contribution in [0.5, 0.6) is 0 Å². The van der Waals surface area contributed by atoms with Crippen LogP contribution in [0.1, 0.15) is 30.0 Å². The lowest BCUT2D eigenvalue weighted by atomic mass is 9.87. The maximum absolute atomic E-state index is 13.8. The van der Waals surface area contributed by atoms with Crippen LogP contribution in [0.3, 0.4) is 0 Å². The average molecular weight is 435 g/mol. The molecule has 0 aromatic heterocycles. The predicted octanol–water partition coefficient (Wildman–Crippen LogP) is 3.24. The SMILES string of the molecule is O=[N+]([O-])c1ccc(NC2CCCc3ccc(F)cc32)c(S(=O)(=O)N2CCOCC2)c1. The van der Waals surface area contributed by atoms with Crippen molar-refractivity contribution in [3.8, 4) is 0 Å². The fourth-order valence-electron chi connectivity index (χ4n) is 3.99. The Bertz CT molecular complexity index is 1070. The first kappa shape index (κ1) is 20.7. The number of sulfonamides is 1. The van der Waals surface area contributed by atoms with Gasteiger partial charge < -0.3 is 10.1 Å². The van der Waals surface area contributed by atoms with Crippen molar-refractivity contribution in [1.29, 1.82) is 0 Å². The molecule has 2 aliphatic rings. The van der Waals surface area contributed by atoms with Gasteiger partial charge in [-0.1, -0.05) is 6.07 Å². The number of hydrogen-bond acceptors (Lipinski definition) is 6. The molecule has 2 aromatic carbocycles. The minimum Gasteiger partial charge on any atom is -0.379 e. The Kier molecular flexibility index (Phi) is 5.72. The first-order chi connectivity index (χ1) is 14.4. The number of non-ortho nitro benzene ring substituents is 1. The number of nitro benzene ring substituents is 1. The van der Waals surface area contributed by atoms with Crippen molar-refractivity contribution in [2.24, 2.45) is 0 Å². The van der Waals surface area contributed by atoms with Crippen LogP contribution in [-0.2, 0) is 21.2 Å². The summed E-state index contributed by atoms with van der Waals surface area (Å²) in [5.41, 5.74) is 1.77. The van der Waals surface area contributed by atoms with Crippen molar-refractivity contribution < 1.29 is 22.5 Å². The zero-order chi connectivity index (χ0) is 21.3. The molecule has 0 spiro atoms. The van der Waals surface area contributed by atoms with Crippen molar-refractivity contribution in [3.63, 3.8) is 0 Å². The third kappa shape index (κ3) is 4.03. The summed E-state index contributed by atoms with van der Waals surface area (Å²) in [5, 5.41) is 14.5. The molecule has 1 N–H and O–H groups in total. The van der Waals surface area contributed by atoms with Gasteiger partial charge in [0.15, 0.2) is 0 Å². The smallest absolute Gasteiger partial charge is 0.270 e. The van der Waals surface area contributed by atoms with Gasteiger partial charge in [-0.25, -0.2) is 12.8 Å². The number of nitrogens with zero attached hydrogens (tertiary/aromatic N) is 2. The monoisotopic (exact) mass is 435 g/mol. The minimum atomic E-state index is -3.97. The summed E-state index contributed by atoms with van der Waals surface area (Å²) in [4.78, 5) is 10.5. The van der Waals surface area contributed by atoms with E-state index in [-0.39, 0.29) is 54.4 Å². The topological polar surface area (TPSA) is 102 Å². The maximum atomic E-state index is 13.8. The number of hydrogen-bond donors (Lipinski definition) is 1. The van der Waals surface area contributed by atoms with Gasteiger partial charge in [0.05, 0.1) is 29.9 Å². The van der Waals surface area contributed by atoms with Crippen LogP contribution in [0.2, 0.25) is 0 Å². The third-order valence-corrected chi connectivity index (χ3v) is 7.45. The summed E-state index contributed by atoms with van der Waals surface area (Å²) < 4.78 is 46.9. The highest BCUT2D eigenvalue weighted by molar-refractivity contribution is 7.89. The Hall–Kier alpha value is -2.56. The van der Waals surface area contributed by atoms with Crippen molar-refractivity contribution in [3.05, 3.63) is 63.5 Å². The van der Waals surface area contributed by atoms with Crippen molar-refractivity contribution in [2.45, 2.75) is 30.2 Å². The lowest BCUT2D eigenvalue weighted by molar-refractivity contribution is -0.385. The van der Waals surface area contributed by atoms with Crippen LogP contribution < -0.4 is 5.32 Å². The van der Waals surface area contributed by atoms with E-state index in [4.69, 9.17) is 4.74 Å². The standard InChI is InChI=1S/C20H22FN3O5S/c21-15-5-4-14-2-1-3-18(17(14)12-15)22-19-7-6-16(24(25)26)13-20(19)30(27,28)23-8-10-29-11-9-23/h4-7,12-13,18,22H,1-3,8-11H2. The van der Waals surface area contributed by atoms with Gasteiger partial charge in [0.2, 0.25) is 10.0 Å². The van der Waals surface area contributed by atoms with Crippen molar-refractivity contribution >= 4 is 21.4 Å². The van der Waals surface area contributed by atoms with E-state index in [0.717, 1.165) is 30.0 Å². The summed E-state index contributed by atoms with van der Waals surface area (Å²) in [7, 11) is -3.97. The molecule has 0 amide bonds. The Morgan fingerprint density at radius 2 is 1.93 bits per heavy atom. The molecule has 1 unspecified atom stereocenters. The molecule has 1 saturated heterocycles. The molecule has 0 saturated carbocycles. The number of nitrogens with one attached hydrogen (secondary N) is 1. The number of anilines is 1. The molecule has 1 aliphatic carbocycles. The normalized spacial score (nSPS) is 19.8. The van der Waals surface area contributed by atoms with Gasteiger partial charge in [-0.05, 0) is 48.6 Å². The number of halogens is 1. The molecule has 2 aromatic rings. The summed E-state index contributed by atoms with van der Waals surface area (Å²) in [6.07, 6.45) is 2.40. The summed E-state index contributed by atoms with van der Waals surface area (Å²) in [6, 6.07) is 8.12. The Morgan fingerprint density at radius 3 is 2.67 bits per heavy atom. The Morgan fingerprint density at radius 1 is 1.17 bits per heavy atom. The highest BCUT2D eigenvalue weighted by Gasteiger charge is 2.31. The molecule has 1 heterocycles. The number of fused-ring (bicyclic) bond motifs is 1. The molecule has 0 radical (unpaired) electrons. The van der Waals surface area contributed by atoms with E-state index in [0.29, 0.717) is 6.42 Å². The summed E-state index contributed by atoms with van der Waals surface area (Å²) >= 11 is 0. The molecule has 1 aliphatic heterocycles. The third-order valence-electron chi connectivity index (χ3n) is 5.52. The Labute approximate surface area is 173 Å². The van der Waals surface area contributed by atoms with Gasteiger partial charge in [0.1, 0.15) is 10.7 Å². The zero-order valence-corrected chi connectivity index (χ0v) is 17.0. The summed E-state index contributed by atoms with van der Waals surface area (Å²) in [6.45, 7) is 0.905. The van der Waals surface area contributed by atoms with Crippen LogP contribution in [0.15, 0.2) is 41.3 Å². The number of aryl methyl sites for hydroxylation is 1. The summed E-state index contributed by atoms with van der Waals surface area (Å²) in [5.74, 6) is -0.354. The molecule has 10 heteroatoms. The second kappa shape index (κ2) is 8.29. The Balaban J connectivity index is 1.74. The van der Waals surface area contributed by atoms with E-state index in [1.807, 2.05) is 0 Å². The van der Waals surface area contributed by atoms with Gasteiger partial charge in [0, 0.05) is 25.2 Å². The second-order valence-electron chi connectivity index (χ2n) is 7.39. The van der Waals surface area contributed by atoms with Gasteiger partial charge in [-0.3, -0.25) is 10.1 Å². The predicted molar refractivity (Wildman–Crippen MR) is 108 cm³/mol. The maximum Gasteiger partial charge on any atom is 0.270 e. The number of morpholine rings is 1. The van der Waals surface area contributed by atoms with E-state index in [1.54, 1.807) is 6.07 Å². The van der Waals surface area contributed by atoms with Crippen LogP contribution in [0.4, 0.5) is 15.8 Å². The van der Waals surface area contributed by atoms with Gasteiger partial charge in [0.25, 0.3) is 5.69 Å². The molecule has 30 heavy (non-hydrogen) atoms. The van der Waals surface area contributed by atoms with E-state index in [1.165, 1.54) is 28.6 Å². The fraction of sp³-hybridized carbons (Fsp3) is 0.400. The van der Waals surface area contributed by atoms with E-state index in [9.17, 15) is 22.9 Å². The molecular weight excluding hydrogens is 413 g/mol. The van der Waals surface area contributed by atoms with E-state index in [2.05, 4.69) is 5.32 Å². The van der Waals surface area contributed by atoms with Crippen molar-refractivity contribution in [1.82, 2.24) is 4.31 Å². The number of rotatable bonds is 5. The fourth-order valence-corrected chi connectivity index (χ4v) is 5.57. The zero-order valence-electron chi connectivity index (χ0n) is 16.2. The van der Waals surface area contributed by atoms with Gasteiger partial charge >= 0.3 is 0 Å². The van der Waals surface area contributed by atoms with Crippen LogP contribution in [-0.4, -0.2) is 43.9 Å². The highest BCUT2D eigenvalue weighted by Crippen LogP contribution is 2.36. The first-order valence-electron chi connectivity index (χ1n) is 9.77. The highest BCUT2D eigenvalue weighted by atomic mass is 32.2. The largest absolute Gasteiger partial charge is 0.379 e. The second-order valence-corrected chi connectivity index (χ2v) is 9.29. The minimum absolute atomic E-state index is 0.151. The molecule has 1 fully saturated rings. The van der Waals surface area contributed by atoms with E-state index < -0.39 is 14.9 Å². The molecule has 4 rings (SSSR count). The molecule has 1 atom stereocenters. The number of benzene rings is 2.